The van der Waals surface area contributed by atoms with Crippen molar-refractivity contribution in [1.29, 1.82) is 0 Å². The molecule has 0 spiro atoms. The Balaban J connectivity index is 1.91. The van der Waals surface area contributed by atoms with Gasteiger partial charge in [-0.3, -0.25) is 0 Å². The minimum atomic E-state index is 0.349. The van der Waals surface area contributed by atoms with E-state index >= 15 is 0 Å². The second-order valence-electron chi connectivity index (χ2n) is 6.00. The molecule has 100 valence electrons. The van der Waals surface area contributed by atoms with Crippen molar-refractivity contribution >= 4 is 5.69 Å². The third-order valence-corrected chi connectivity index (χ3v) is 4.28. The molecular weight excluding hydrogens is 222 g/mol. The number of phenols is 1. The van der Waals surface area contributed by atoms with Crippen LogP contribution in [-0.4, -0.2) is 11.1 Å². The number of hydrogen-bond donors (Lipinski definition) is 2. The summed E-state index contributed by atoms with van der Waals surface area (Å²) < 4.78 is 0. The topological polar surface area (TPSA) is 32.3 Å². The van der Waals surface area contributed by atoms with E-state index in [0.29, 0.717) is 11.8 Å². The van der Waals surface area contributed by atoms with Crippen LogP contribution in [0.15, 0.2) is 18.2 Å². The Kier molecular flexibility index (Phi) is 4.15. The lowest BCUT2D eigenvalue weighted by atomic mass is 9.79. The highest BCUT2D eigenvalue weighted by Gasteiger charge is 2.23. The van der Waals surface area contributed by atoms with Crippen LogP contribution in [0.3, 0.4) is 0 Å². The van der Waals surface area contributed by atoms with Crippen molar-refractivity contribution in [2.24, 2.45) is 11.8 Å². The summed E-state index contributed by atoms with van der Waals surface area (Å²) >= 11 is 0. The summed E-state index contributed by atoms with van der Waals surface area (Å²) in [6.07, 6.45) is 5.21. The molecule has 1 aromatic rings. The number of benzene rings is 1. The van der Waals surface area contributed by atoms with Gasteiger partial charge < -0.3 is 10.4 Å². The molecule has 2 N–H and O–H groups in total. The summed E-state index contributed by atoms with van der Waals surface area (Å²) in [6, 6.07) is 6.17. The molecular formula is C16H25NO. The molecule has 0 amide bonds. The molecule has 0 atom stereocenters. The van der Waals surface area contributed by atoms with Gasteiger partial charge in [0.15, 0.2) is 0 Å². The summed E-state index contributed by atoms with van der Waals surface area (Å²) in [5.41, 5.74) is 2.29. The first-order valence-electron chi connectivity index (χ1n) is 7.12. The second kappa shape index (κ2) is 5.64. The predicted molar refractivity (Wildman–Crippen MR) is 77.1 cm³/mol. The van der Waals surface area contributed by atoms with Gasteiger partial charge >= 0.3 is 0 Å². The van der Waals surface area contributed by atoms with Crippen molar-refractivity contribution in [3.8, 4) is 5.75 Å². The van der Waals surface area contributed by atoms with E-state index in [1.807, 2.05) is 19.1 Å². The van der Waals surface area contributed by atoms with Crippen LogP contribution in [0.1, 0.15) is 45.1 Å². The molecule has 1 aliphatic carbocycles. The maximum Gasteiger partial charge on any atom is 0.115 e. The Morgan fingerprint density at radius 1 is 1.17 bits per heavy atom. The second-order valence-corrected chi connectivity index (χ2v) is 6.00. The maximum atomic E-state index is 9.41. The van der Waals surface area contributed by atoms with Gasteiger partial charge in [0, 0.05) is 11.7 Å². The summed E-state index contributed by atoms with van der Waals surface area (Å²) in [4.78, 5) is 0. The van der Waals surface area contributed by atoms with Crippen LogP contribution in [0.4, 0.5) is 5.69 Å². The van der Waals surface area contributed by atoms with Gasteiger partial charge in [-0.15, -0.1) is 0 Å². The average Bonchev–Trinajstić information content (AvgIpc) is 2.33. The van der Waals surface area contributed by atoms with Gasteiger partial charge in [-0.1, -0.05) is 13.8 Å². The minimum absolute atomic E-state index is 0.349. The molecule has 1 fully saturated rings. The Morgan fingerprint density at radius 2 is 1.83 bits per heavy atom. The number of phenolic OH excluding ortho intramolecular Hbond substituents is 1. The van der Waals surface area contributed by atoms with Gasteiger partial charge in [0.2, 0.25) is 0 Å². The molecule has 2 heteroatoms. The maximum absolute atomic E-state index is 9.41. The standard InChI is InChI=1S/C16H25NO/c1-11(2)13-4-6-14(7-5-13)17-16-9-8-15(18)10-12(16)3/h8-11,13-14,17-18H,4-7H2,1-3H3. The van der Waals surface area contributed by atoms with Crippen molar-refractivity contribution in [3.63, 3.8) is 0 Å². The van der Waals surface area contributed by atoms with E-state index in [1.54, 1.807) is 6.07 Å². The van der Waals surface area contributed by atoms with Gasteiger partial charge in [0.1, 0.15) is 5.75 Å². The highest BCUT2D eigenvalue weighted by molar-refractivity contribution is 5.53. The van der Waals surface area contributed by atoms with E-state index in [1.165, 1.54) is 31.4 Å². The van der Waals surface area contributed by atoms with Crippen LogP contribution in [0.2, 0.25) is 0 Å². The van der Waals surface area contributed by atoms with Gasteiger partial charge in [0.25, 0.3) is 0 Å². The van der Waals surface area contributed by atoms with Crippen molar-refractivity contribution in [1.82, 2.24) is 0 Å². The van der Waals surface area contributed by atoms with Crippen LogP contribution >= 0.6 is 0 Å². The highest BCUT2D eigenvalue weighted by atomic mass is 16.3. The lowest BCUT2D eigenvalue weighted by Crippen LogP contribution is -2.28. The minimum Gasteiger partial charge on any atom is -0.508 e. The zero-order chi connectivity index (χ0) is 13.1. The highest BCUT2D eigenvalue weighted by Crippen LogP contribution is 2.32. The van der Waals surface area contributed by atoms with Gasteiger partial charge in [-0.2, -0.15) is 0 Å². The van der Waals surface area contributed by atoms with E-state index < -0.39 is 0 Å². The molecule has 0 aromatic heterocycles. The summed E-state index contributed by atoms with van der Waals surface area (Å²) in [7, 11) is 0. The van der Waals surface area contributed by atoms with E-state index in [4.69, 9.17) is 0 Å². The molecule has 18 heavy (non-hydrogen) atoms. The monoisotopic (exact) mass is 247 g/mol. The molecule has 1 saturated carbocycles. The Hall–Kier alpha value is -1.18. The van der Waals surface area contributed by atoms with Crippen LogP contribution in [-0.2, 0) is 0 Å². The molecule has 0 radical (unpaired) electrons. The fourth-order valence-electron chi connectivity index (χ4n) is 2.96. The molecule has 1 aromatic carbocycles. The average molecular weight is 247 g/mol. The first-order valence-corrected chi connectivity index (χ1v) is 7.12. The lowest BCUT2D eigenvalue weighted by molar-refractivity contribution is 0.267. The molecule has 1 aliphatic rings. The van der Waals surface area contributed by atoms with E-state index in [2.05, 4.69) is 19.2 Å². The number of nitrogens with one attached hydrogen (secondary N) is 1. The van der Waals surface area contributed by atoms with Gasteiger partial charge in [0.05, 0.1) is 0 Å². The third kappa shape index (κ3) is 3.18. The number of aryl methyl sites for hydroxylation is 1. The van der Waals surface area contributed by atoms with Crippen molar-refractivity contribution in [2.75, 3.05) is 5.32 Å². The first-order chi connectivity index (χ1) is 8.56. The molecule has 0 bridgehead atoms. The quantitative estimate of drug-likeness (QED) is 0.779. The van der Waals surface area contributed by atoms with E-state index in [0.717, 1.165) is 17.4 Å². The fourth-order valence-corrected chi connectivity index (χ4v) is 2.96. The first kappa shape index (κ1) is 13.3. The Morgan fingerprint density at radius 3 is 2.39 bits per heavy atom. The number of anilines is 1. The Labute approximate surface area is 110 Å². The third-order valence-electron chi connectivity index (χ3n) is 4.28. The zero-order valence-electron chi connectivity index (χ0n) is 11.7. The molecule has 2 nitrogen and oxygen atoms in total. The molecule has 0 aliphatic heterocycles. The van der Waals surface area contributed by atoms with Crippen LogP contribution in [0.25, 0.3) is 0 Å². The van der Waals surface area contributed by atoms with Crippen LogP contribution in [0.5, 0.6) is 5.75 Å². The van der Waals surface area contributed by atoms with Crippen molar-refractivity contribution in [2.45, 2.75) is 52.5 Å². The van der Waals surface area contributed by atoms with Crippen molar-refractivity contribution < 1.29 is 5.11 Å². The number of aromatic hydroxyl groups is 1. The van der Waals surface area contributed by atoms with Crippen LogP contribution in [0, 0.1) is 18.8 Å². The zero-order valence-corrected chi connectivity index (χ0v) is 11.7. The molecule has 0 saturated heterocycles. The number of hydrogen-bond acceptors (Lipinski definition) is 2. The molecule has 2 rings (SSSR count). The lowest BCUT2D eigenvalue weighted by Gasteiger charge is -2.32. The normalized spacial score (nSPS) is 24.2. The largest absolute Gasteiger partial charge is 0.508 e. The summed E-state index contributed by atoms with van der Waals surface area (Å²) in [5, 5.41) is 13.0. The van der Waals surface area contributed by atoms with E-state index in [9.17, 15) is 5.11 Å². The van der Waals surface area contributed by atoms with Crippen molar-refractivity contribution in [3.05, 3.63) is 23.8 Å². The predicted octanol–water partition coefficient (Wildman–Crippen LogP) is 4.33. The SMILES string of the molecule is Cc1cc(O)ccc1NC1CCC(C(C)C)CC1. The smallest absolute Gasteiger partial charge is 0.115 e. The van der Waals surface area contributed by atoms with Gasteiger partial charge in [-0.25, -0.2) is 0 Å². The summed E-state index contributed by atoms with van der Waals surface area (Å²) in [5.74, 6) is 2.08. The fraction of sp³-hybridized carbons (Fsp3) is 0.625. The van der Waals surface area contributed by atoms with Gasteiger partial charge in [-0.05, 0) is 68.2 Å². The Bertz CT molecular complexity index is 392. The summed E-state index contributed by atoms with van der Waals surface area (Å²) in [6.45, 7) is 6.72. The van der Waals surface area contributed by atoms with E-state index in [-0.39, 0.29) is 0 Å². The molecule has 0 unspecified atom stereocenters. The number of rotatable bonds is 3. The van der Waals surface area contributed by atoms with Crippen LogP contribution < -0.4 is 5.32 Å². The molecule has 0 heterocycles.